The number of hydrogen-bond acceptors (Lipinski definition) is 4. The Hall–Kier alpha value is -3.73. The number of rotatable bonds is 11. The number of aliphatic hydroxyl groups is 1. The summed E-state index contributed by atoms with van der Waals surface area (Å²) in [5.74, 6) is 1.08. The predicted octanol–water partition coefficient (Wildman–Crippen LogP) is 11.4. The smallest absolute Gasteiger partial charge is 0.162 e. The van der Waals surface area contributed by atoms with Crippen molar-refractivity contribution in [1.82, 2.24) is 4.98 Å². The number of hydrogen-bond donors (Lipinski definition) is 1. The molecule has 5 aromatic rings. The van der Waals surface area contributed by atoms with Gasteiger partial charge in [0.2, 0.25) is 0 Å². The van der Waals surface area contributed by atoms with Crippen LogP contribution in [0.25, 0.3) is 44.1 Å². The molecule has 0 amide bonds. The van der Waals surface area contributed by atoms with Crippen molar-refractivity contribution in [2.45, 2.75) is 99.8 Å². The molecule has 0 spiro atoms. The summed E-state index contributed by atoms with van der Waals surface area (Å²) in [4.78, 5) is 16.5. The average molecular weight is 852 g/mol. The third kappa shape index (κ3) is 9.53. The maximum absolute atomic E-state index is 11.7. The van der Waals surface area contributed by atoms with Crippen molar-refractivity contribution in [2.24, 2.45) is 17.8 Å². The monoisotopic (exact) mass is 852 g/mol. The third-order valence-electron chi connectivity index (χ3n) is 9.46. The minimum atomic E-state index is 0. The fourth-order valence-electron chi connectivity index (χ4n) is 6.47. The molecule has 269 valence electrons. The number of furan rings is 1. The molecule has 0 saturated carbocycles. The topological polar surface area (TPSA) is 67.2 Å². The number of ketones is 1. The van der Waals surface area contributed by atoms with Crippen LogP contribution in [0, 0.1) is 30.9 Å². The van der Waals surface area contributed by atoms with Gasteiger partial charge in [-0.05, 0) is 67.2 Å². The Kier molecular flexibility index (Phi) is 14.6. The third-order valence-corrected chi connectivity index (χ3v) is 9.46. The van der Waals surface area contributed by atoms with E-state index < -0.39 is 0 Å². The van der Waals surface area contributed by atoms with Crippen molar-refractivity contribution in [2.75, 3.05) is 0 Å². The van der Waals surface area contributed by atoms with Crippen molar-refractivity contribution < 1.29 is 39.0 Å². The number of carbonyl (C=O) groups excluding carboxylic acids is 1. The zero-order chi connectivity index (χ0) is 35.9. The number of aliphatic hydroxyl groups excluding tert-OH is 1. The molecule has 0 bridgehead atoms. The van der Waals surface area contributed by atoms with Crippen LogP contribution >= 0.6 is 0 Å². The van der Waals surface area contributed by atoms with Gasteiger partial charge in [-0.1, -0.05) is 91.5 Å². The number of carbonyl (C=O) groups is 1. The van der Waals surface area contributed by atoms with Crippen LogP contribution < -0.4 is 4.57 Å². The molecular formula is C44H55IrN2O3-. The van der Waals surface area contributed by atoms with E-state index in [4.69, 9.17) is 9.40 Å². The molecule has 0 fully saturated rings. The quantitative estimate of drug-likeness (QED) is 0.0622. The Morgan fingerprint density at radius 2 is 1.64 bits per heavy atom. The van der Waals surface area contributed by atoms with Crippen molar-refractivity contribution >= 4 is 27.5 Å². The van der Waals surface area contributed by atoms with Crippen molar-refractivity contribution in [3.63, 3.8) is 0 Å². The van der Waals surface area contributed by atoms with E-state index in [2.05, 4.69) is 90.2 Å². The Labute approximate surface area is 313 Å². The first-order valence-electron chi connectivity index (χ1n) is 17.9. The Bertz CT molecular complexity index is 1910. The predicted molar refractivity (Wildman–Crippen MR) is 203 cm³/mol. The van der Waals surface area contributed by atoms with E-state index in [0.717, 1.165) is 76.5 Å². The second-order valence-corrected chi connectivity index (χ2v) is 14.5. The van der Waals surface area contributed by atoms with Crippen LogP contribution in [-0.2, 0) is 36.7 Å². The van der Waals surface area contributed by atoms with Gasteiger partial charge < -0.3 is 14.1 Å². The minimum Gasteiger partial charge on any atom is -0.512 e. The van der Waals surface area contributed by atoms with E-state index in [-0.39, 0.29) is 48.9 Å². The van der Waals surface area contributed by atoms with Gasteiger partial charge in [0.25, 0.3) is 0 Å². The summed E-state index contributed by atoms with van der Waals surface area (Å²) < 4.78 is 7.87. The fraction of sp³-hybridized carbons (Fsp3) is 0.409. The fourth-order valence-corrected chi connectivity index (χ4v) is 6.47. The zero-order valence-electron chi connectivity index (χ0n) is 31.4. The van der Waals surface area contributed by atoms with Crippen LogP contribution in [0.3, 0.4) is 0 Å². The van der Waals surface area contributed by atoms with Gasteiger partial charge >= 0.3 is 0 Å². The van der Waals surface area contributed by atoms with Crippen LogP contribution in [0.5, 0.6) is 0 Å². The van der Waals surface area contributed by atoms with Crippen molar-refractivity contribution in [1.29, 1.82) is 0 Å². The number of fused-ring (bicyclic) bond motifs is 2. The van der Waals surface area contributed by atoms with Crippen LogP contribution in [-0.4, -0.2) is 15.9 Å². The molecule has 50 heavy (non-hydrogen) atoms. The average Bonchev–Trinajstić information content (AvgIpc) is 3.56. The molecule has 0 aliphatic rings. The Balaban J connectivity index is 0.000000361. The van der Waals surface area contributed by atoms with Gasteiger partial charge in [-0.3, -0.25) is 9.78 Å². The molecule has 0 unspecified atom stereocenters. The molecule has 0 aliphatic heterocycles. The van der Waals surface area contributed by atoms with Gasteiger partial charge in [0.05, 0.1) is 23.9 Å². The molecule has 1 N–H and O–H groups in total. The molecular weight excluding hydrogens is 797 g/mol. The van der Waals surface area contributed by atoms with Gasteiger partial charge in [-0.15, -0.1) is 29.1 Å². The minimum absolute atomic E-state index is 0. The molecule has 6 heteroatoms. The largest absolute Gasteiger partial charge is 0.512 e. The molecule has 0 saturated heterocycles. The SMILES string of the molecule is CCC(CC)C(=O)/C=C(\O)C(CC)CC.[CH2-][n+]1ccc(-c2cnc(CC(C)C)c3ccoc23)cc1-c1[c-]c2ccccc2c(C(C)(C)C)c1.[Ir]. The first-order chi connectivity index (χ1) is 23.3. The summed E-state index contributed by atoms with van der Waals surface area (Å²) in [5, 5.41) is 13.2. The van der Waals surface area contributed by atoms with Crippen molar-refractivity contribution in [3.05, 3.63) is 103 Å². The van der Waals surface area contributed by atoms with Gasteiger partial charge in [0, 0.05) is 62.2 Å². The van der Waals surface area contributed by atoms with E-state index in [0.29, 0.717) is 5.92 Å². The maximum Gasteiger partial charge on any atom is 0.162 e. The molecule has 5 rings (SSSR count). The number of benzene rings is 2. The molecule has 0 atom stereocenters. The van der Waals surface area contributed by atoms with Crippen LogP contribution in [0.1, 0.15) is 99.3 Å². The molecule has 5 nitrogen and oxygen atoms in total. The normalized spacial score (nSPS) is 12.0. The first kappa shape index (κ1) is 40.7. The van der Waals surface area contributed by atoms with E-state index in [1.165, 1.54) is 17.0 Å². The van der Waals surface area contributed by atoms with E-state index in [9.17, 15) is 9.90 Å². The zero-order valence-corrected chi connectivity index (χ0v) is 33.8. The van der Waals surface area contributed by atoms with E-state index in [1.807, 2.05) is 50.7 Å². The Morgan fingerprint density at radius 3 is 2.26 bits per heavy atom. The van der Waals surface area contributed by atoms with Gasteiger partial charge in [-0.25, -0.2) is 0 Å². The molecule has 3 heterocycles. The number of aromatic nitrogens is 2. The van der Waals surface area contributed by atoms with Gasteiger partial charge in [-0.2, -0.15) is 0 Å². The van der Waals surface area contributed by atoms with Crippen LogP contribution in [0.15, 0.2) is 83.4 Å². The van der Waals surface area contributed by atoms with Gasteiger partial charge in [0.1, 0.15) is 11.3 Å². The summed E-state index contributed by atoms with van der Waals surface area (Å²) in [5.41, 5.74) is 7.35. The summed E-state index contributed by atoms with van der Waals surface area (Å²) in [7, 11) is 4.26. The molecule has 2 aromatic carbocycles. The number of nitrogens with zero attached hydrogens (tertiary/aromatic N) is 2. The van der Waals surface area contributed by atoms with Crippen molar-refractivity contribution in [3.8, 4) is 22.4 Å². The first-order valence-corrected chi connectivity index (χ1v) is 17.9. The molecule has 3 aromatic heterocycles. The van der Waals surface area contributed by atoms with Crippen LogP contribution in [0.2, 0.25) is 0 Å². The van der Waals surface area contributed by atoms with E-state index >= 15 is 0 Å². The number of allylic oxidation sites excluding steroid dienone is 2. The number of pyridine rings is 2. The summed E-state index contributed by atoms with van der Waals surface area (Å²) in [6, 6.07) is 20.7. The van der Waals surface area contributed by atoms with Crippen LogP contribution in [0.4, 0.5) is 0 Å². The van der Waals surface area contributed by atoms with E-state index in [1.54, 1.807) is 6.26 Å². The second kappa shape index (κ2) is 18.0. The summed E-state index contributed by atoms with van der Waals surface area (Å²) in [6.07, 6.45) is 11.5. The second-order valence-electron chi connectivity index (χ2n) is 14.5. The van der Waals surface area contributed by atoms with Gasteiger partial charge in [0.15, 0.2) is 5.78 Å². The summed E-state index contributed by atoms with van der Waals surface area (Å²) in [6.45, 7) is 19.3. The summed E-state index contributed by atoms with van der Waals surface area (Å²) >= 11 is 0. The Morgan fingerprint density at radius 1 is 0.980 bits per heavy atom. The molecule has 1 radical (unpaired) electrons. The standard InChI is InChI=1S/C31H31N2O.C13H24O2.Ir/c1-20(2)15-28-25-12-14-34-30(25)26(19-32-28)22-11-13-33(6)29(18-22)23-16-21-9-7-8-10-24(21)27(17-23)31(3,4)5;1-5-10(6-2)12(14)9-13(15)11(7-3)8-4;/h7-14,17-20H,6,15H2,1-5H3;9-11,14H,5-8H2,1-4H3;/q-1;;/b;12-9-;. The maximum atomic E-state index is 11.7. The molecule has 0 aliphatic carbocycles.